The number of aromatic nitrogens is 3. The van der Waals surface area contributed by atoms with E-state index in [1.54, 1.807) is 30.3 Å². The highest BCUT2D eigenvalue weighted by Crippen LogP contribution is 2.33. The van der Waals surface area contributed by atoms with Gasteiger partial charge in [-0.3, -0.25) is 0 Å². The van der Waals surface area contributed by atoms with Crippen molar-refractivity contribution in [3.8, 4) is 0 Å². The first-order valence-corrected chi connectivity index (χ1v) is 10.6. The minimum absolute atomic E-state index is 0.0309. The monoisotopic (exact) mass is 443 g/mol. The fourth-order valence-electron chi connectivity index (χ4n) is 2.74. The third kappa shape index (κ3) is 5.38. The van der Waals surface area contributed by atoms with E-state index in [-0.39, 0.29) is 18.1 Å². The first kappa shape index (κ1) is 20.5. The predicted octanol–water partition coefficient (Wildman–Crippen LogP) is 4.08. The zero-order chi connectivity index (χ0) is 19.4. The van der Waals surface area contributed by atoms with Crippen molar-refractivity contribution >= 4 is 46.0 Å². The highest BCUT2D eigenvalue weighted by atomic mass is 35.5. The molecule has 1 N–H and O–H groups in total. The molecule has 27 heavy (non-hydrogen) atoms. The summed E-state index contributed by atoms with van der Waals surface area (Å²) in [6.45, 7) is 0.0563. The van der Waals surface area contributed by atoms with Crippen molar-refractivity contribution in [1.29, 1.82) is 0 Å². The zero-order valence-corrected chi connectivity index (χ0v) is 17.1. The van der Waals surface area contributed by atoms with Crippen molar-refractivity contribution < 1.29 is 9.66 Å². The van der Waals surface area contributed by atoms with Crippen LogP contribution in [0.4, 0.5) is 0 Å². The highest BCUT2D eigenvalue weighted by Gasteiger charge is 2.37. The standard InChI is InChI=1S/C18H16Cl3N3O2S/c19-14-3-1-13(2-4-14)8-27(26)10-18(25,9-24-12-22-11-23-24)16-6-5-15(20)7-17(16)21/h1-7,11-12,25H,8-10H2. The molecule has 1 aromatic heterocycles. The van der Waals surface area contributed by atoms with Crippen molar-refractivity contribution in [2.45, 2.75) is 17.9 Å². The second kappa shape index (κ2) is 8.82. The van der Waals surface area contributed by atoms with Gasteiger partial charge in [0, 0.05) is 26.2 Å². The van der Waals surface area contributed by atoms with E-state index in [0.717, 1.165) is 5.56 Å². The van der Waals surface area contributed by atoms with Crippen LogP contribution in [0.2, 0.25) is 15.1 Å². The summed E-state index contributed by atoms with van der Waals surface area (Å²) in [6.07, 6.45) is 2.85. The molecule has 0 aliphatic rings. The lowest BCUT2D eigenvalue weighted by Crippen LogP contribution is -2.39. The highest BCUT2D eigenvalue weighted by molar-refractivity contribution is 7.90. The smallest absolute Gasteiger partial charge is 0.155 e. The van der Waals surface area contributed by atoms with Gasteiger partial charge in [-0.05, 0) is 35.4 Å². The molecule has 0 saturated heterocycles. The lowest BCUT2D eigenvalue weighted by atomic mass is 9.95. The summed E-state index contributed by atoms with van der Waals surface area (Å²) in [7, 11) is 0. The van der Waals surface area contributed by atoms with Gasteiger partial charge in [0.2, 0.25) is 0 Å². The molecule has 0 amide bonds. The average molecular weight is 445 g/mol. The summed E-state index contributed by atoms with van der Waals surface area (Å²) in [5, 5.41) is 16.8. The molecular formula is C18H16Cl3N3O2S. The molecular weight excluding hydrogens is 429 g/mol. The molecule has 0 aliphatic heterocycles. The van der Waals surface area contributed by atoms with Crippen molar-refractivity contribution in [2.75, 3.05) is 5.75 Å². The Bertz CT molecular complexity index is 893. The second-order valence-corrected chi connectivity index (χ2v) is 8.84. The van der Waals surface area contributed by atoms with Crippen molar-refractivity contribution in [1.82, 2.24) is 14.8 Å². The Hall–Kier alpha value is -1.28. The molecule has 0 spiro atoms. The Labute approximate surface area is 175 Å². The van der Waals surface area contributed by atoms with Gasteiger partial charge in [-0.25, -0.2) is 9.67 Å². The van der Waals surface area contributed by atoms with E-state index >= 15 is 0 Å². The third-order valence-corrected chi connectivity index (χ3v) is 6.22. The summed E-state index contributed by atoms with van der Waals surface area (Å²) < 4.78 is 14.3. The molecule has 0 aliphatic carbocycles. The van der Waals surface area contributed by atoms with E-state index in [2.05, 4.69) is 10.1 Å². The van der Waals surface area contributed by atoms with Gasteiger partial charge in [0.1, 0.15) is 24.2 Å². The predicted molar refractivity (Wildman–Crippen MR) is 109 cm³/mol. The van der Waals surface area contributed by atoms with Crippen LogP contribution in [-0.2, 0) is 29.1 Å². The van der Waals surface area contributed by atoms with E-state index in [4.69, 9.17) is 34.8 Å². The molecule has 2 aromatic carbocycles. The molecule has 0 bridgehead atoms. The number of nitrogens with zero attached hydrogens (tertiary/aromatic N) is 3. The molecule has 2 atom stereocenters. The van der Waals surface area contributed by atoms with Gasteiger partial charge in [0.15, 0.2) is 5.60 Å². The van der Waals surface area contributed by atoms with Crippen LogP contribution in [0.25, 0.3) is 0 Å². The lowest BCUT2D eigenvalue weighted by molar-refractivity contribution is 0.0380. The van der Waals surface area contributed by atoms with E-state index in [1.807, 2.05) is 12.1 Å². The Balaban J connectivity index is 1.85. The first-order chi connectivity index (χ1) is 12.9. The molecule has 9 heteroatoms. The molecule has 3 aromatic rings. The van der Waals surface area contributed by atoms with Crippen LogP contribution in [0.1, 0.15) is 11.1 Å². The number of halogens is 3. The Kier molecular flexibility index (Phi) is 6.68. The van der Waals surface area contributed by atoms with Crippen LogP contribution in [0, 0.1) is 0 Å². The molecule has 1 heterocycles. The van der Waals surface area contributed by atoms with Crippen LogP contribution in [0.3, 0.4) is 0 Å². The quantitative estimate of drug-likeness (QED) is 0.557. The van der Waals surface area contributed by atoms with Crippen molar-refractivity contribution in [3.05, 3.63) is 81.3 Å². The van der Waals surface area contributed by atoms with Gasteiger partial charge in [0.25, 0.3) is 0 Å². The van der Waals surface area contributed by atoms with Crippen LogP contribution in [0.5, 0.6) is 0 Å². The van der Waals surface area contributed by atoms with Gasteiger partial charge in [-0.15, -0.1) is 0 Å². The molecule has 142 valence electrons. The Morgan fingerprint density at radius 1 is 1.07 bits per heavy atom. The average Bonchev–Trinajstić information content (AvgIpc) is 3.09. The van der Waals surface area contributed by atoms with Gasteiger partial charge >= 0.3 is 0 Å². The van der Waals surface area contributed by atoms with Crippen LogP contribution in [0.15, 0.2) is 55.1 Å². The number of benzene rings is 2. The van der Waals surface area contributed by atoms with Crippen molar-refractivity contribution in [3.63, 3.8) is 0 Å². The largest absolute Gasteiger partial charge is 0.616 e. The zero-order valence-electron chi connectivity index (χ0n) is 14.1. The molecule has 3 rings (SSSR count). The molecule has 0 radical (unpaired) electrons. The fraction of sp³-hybridized carbons (Fsp3) is 0.222. The summed E-state index contributed by atoms with van der Waals surface area (Å²) in [5.41, 5.74) is -0.205. The lowest BCUT2D eigenvalue weighted by Gasteiger charge is -2.30. The summed E-state index contributed by atoms with van der Waals surface area (Å²) in [4.78, 5) is 3.89. The minimum Gasteiger partial charge on any atom is -0.616 e. The summed E-state index contributed by atoms with van der Waals surface area (Å²) >= 11 is 16.8. The van der Waals surface area contributed by atoms with Gasteiger partial charge < -0.3 is 9.66 Å². The Morgan fingerprint density at radius 3 is 2.41 bits per heavy atom. The first-order valence-electron chi connectivity index (χ1n) is 7.95. The van der Waals surface area contributed by atoms with Crippen molar-refractivity contribution in [2.24, 2.45) is 0 Å². The van der Waals surface area contributed by atoms with E-state index < -0.39 is 16.8 Å². The number of rotatable bonds is 7. The fourth-order valence-corrected chi connectivity index (χ4v) is 4.90. The normalized spacial score (nSPS) is 14.7. The SMILES string of the molecule is [O-][S+](Cc1ccc(Cl)cc1)CC(O)(Cn1cncn1)c1ccc(Cl)cc1Cl. The summed E-state index contributed by atoms with van der Waals surface area (Å²) in [5.74, 6) is 0.249. The molecule has 0 fully saturated rings. The number of hydrogen-bond donors (Lipinski definition) is 1. The number of hydrogen-bond acceptors (Lipinski definition) is 4. The minimum atomic E-state index is -1.51. The number of aliphatic hydroxyl groups is 1. The topological polar surface area (TPSA) is 74.0 Å². The maximum absolute atomic E-state index is 12.8. The Morgan fingerprint density at radius 2 is 1.78 bits per heavy atom. The van der Waals surface area contributed by atoms with E-state index in [9.17, 15) is 9.66 Å². The van der Waals surface area contributed by atoms with Crippen LogP contribution >= 0.6 is 34.8 Å². The second-order valence-electron chi connectivity index (χ2n) is 6.10. The molecule has 5 nitrogen and oxygen atoms in total. The maximum atomic E-state index is 12.8. The van der Waals surface area contributed by atoms with Crippen LogP contribution < -0.4 is 0 Å². The van der Waals surface area contributed by atoms with Gasteiger partial charge in [-0.2, -0.15) is 5.10 Å². The maximum Gasteiger partial charge on any atom is 0.155 e. The third-order valence-electron chi connectivity index (χ3n) is 3.96. The molecule has 0 saturated carbocycles. The van der Waals surface area contributed by atoms with E-state index in [1.165, 1.54) is 17.3 Å². The van der Waals surface area contributed by atoms with Gasteiger partial charge in [-0.1, -0.05) is 53.0 Å². The summed E-state index contributed by atoms with van der Waals surface area (Å²) in [6, 6.07) is 11.9. The van der Waals surface area contributed by atoms with Crippen LogP contribution in [-0.4, -0.2) is 30.2 Å². The van der Waals surface area contributed by atoms with Gasteiger partial charge in [0.05, 0.1) is 6.54 Å². The molecule has 2 unspecified atom stereocenters. The van der Waals surface area contributed by atoms with E-state index in [0.29, 0.717) is 20.6 Å².